The first-order valence-electron chi connectivity index (χ1n) is 9.69. The molecule has 0 atom stereocenters. The lowest BCUT2D eigenvalue weighted by Gasteiger charge is -2.36. The van der Waals surface area contributed by atoms with Gasteiger partial charge in [0.25, 0.3) is 0 Å². The van der Waals surface area contributed by atoms with E-state index in [0.29, 0.717) is 19.6 Å². The zero-order valence-corrected chi connectivity index (χ0v) is 17.6. The number of aliphatic imine (C=N–C) groups is 1. The molecular formula is C19H33N5O2S. The number of rotatable bonds is 8. The van der Waals surface area contributed by atoms with Crippen molar-refractivity contribution < 1.29 is 8.42 Å². The smallest absolute Gasteiger partial charge is 0.215 e. The summed E-state index contributed by atoms with van der Waals surface area (Å²) in [6.07, 6.45) is 0. The van der Waals surface area contributed by atoms with Gasteiger partial charge in [-0.25, -0.2) is 12.7 Å². The van der Waals surface area contributed by atoms with Crippen molar-refractivity contribution in [3.05, 3.63) is 35.9 Å². The van der Waals surface area contributed by atoms with Crippen molar-refractivity contribution in [3.63, 3.8) is 0 Å². The standard InChI is InChI=1S/C19H33N5O2S/c1-4-24(5-2)27(25,26)16-11-21-19(20-3)23-14-12-22(13-15-23)17-18-9-7-6-8-10-18/h6-10H,4-5,11-17H2,1-3H3,(H,20,21). The molecule has 1 heterocycles. The number of piperazine rings is 1. The van der Waals surface area contributed by atoms with Crippen molar-refractivity contribution in [1.82, 2.24) is 19.4 Å². The van der Waals surface area contributed by atoms with Crippen LogP contribution < -0.4 is 5.32 Å². The monoisotopic (exact) mass is 395 g/mol. The first-order chi connectivity index (χ1) is 13.0. The summed E-state index contributed by atoms with van der Waals surface area (Å²) in [7, 11) is -1.46. The van der Waals surface area contributed by atoms with E-state index in [9.17, 15) is 8.42 Å². The number of benzene rings is 1. The molecule has 2 rings (SSSR count). The van der Waals surface area contributed by atoms with E-state index in [0.717, 1.165) is 38.7 Å². The van der Waals surface area contributed by atoms with Crippen LogP contribution in [0.2, 0.25) is 0 Å². The number of nitrogens with one attached hydrogen (secondary N) is 1. The van der Waals surface area contributed by atoms with Crippen LogP contribution in [0, 0.1) is 0 Å². The molecule has 0 bridgehead atoms. The maximum absolute atomic E-state index is 12.3. The van der Waals surface area contributed by atoms with Crippen molar-refractivity contribution >= 4 is 16.0 Å². The van der Waals surface area contributed by atoms with Gasteiger partial charge in [-0.05, 0) is 5.56 Å². The Hall–Kier alpha value is -1.64. The van der Waals surface area contributed by atoms with Gasteiger partial charge in [-0.1, -0.05) is 44.2 Å². The summed E-state index contributed by atoms with van der Waals surface area (Å²) < 4.78 is 26.1. The third kappa shape index (κ3) is 6.48. The molecule has 1 aromatic carbocycles. The number of sulfonamides is 1. The third-order valence-electron chi connectivity index (χ3n) is 4.87. The average Bonchev–Trinajstić information content (AvgIpc) is 2.67. The van der Waals surface area contributed by atoms with Crippen LogP contribution in [0.25, 0.3) is 0 Å². The molecule has 0 spiro atoms. The first-order valence-corrected chi connectivity index (χ1v) is 11.3. The van der Waals surface area contributed by atoms with Crippen LogP contribution in [0.3, 0.4) is 0 Å². The van der Waals surface area contributed by atoms with Gasteiger partial charge in [0.2, 0.25) is 10.0 Å². The van der Waals surface area contributed by atoms with Crippen molar-refractivity contribution in [2.24, 2.45) is 4.99 Å². The second-order valence-corrected chi connectivity index (χ2v) is 8.71. The summed E-state index contributed by atoms with van der Waals surface area (Å²) in [5.41, 5.74) is 1.33. The Bertz CT molecular complexity index is 681. The molecule has 1 saturated heterocycles. The predicted molar refractivity (Wildman–Crippen MR) is 111 cm³/mol. The Labute approximate surface area is 164 Å². The van der Waals surface area contributed by atoms with Gasteiger partial charge in [0, 0.05) is 59.4 Å². The molecule has 0 radical (unpaired) electrons. The highest BCUT2D eigenvalue weighted by Crippen LogP contribution is 2.08. The first kappa shape index (κ1) is 21.7. The van der Waals surface area contributed by atoms with E-state index in [2.05, 4.69) is 44.4 Å². The Kier molecular flexibility index (Phi) is 8.53. The van der Waals surface area contributed by atoms with E-state index in [1.807, 2.05) is 19.9 Å². The van der Waals surface area contributed by atoms with Gasteiger partial charge in [0.05, 0.1) is 5.75 Å². The van der Waals surface area contributed by atoms with E-state index in [1.165, 1.54) is 9.87 Å². The molecule has 1 fully saturated rings. The van der Waals surface area contributed by atoms with Gasteiger partial charge in [-0.2, -0.15) is 0 Å². The third-order valence-corrected chi connectivity index (χ3v) is 6.90. The topological polar surface area (TPSA) is 68.2 Å². The molecule has 1 aliphatic heterocycles. The minimum atomic E-state index is -3.21. The van der Waals surface area contributed by atoms with Crippen LogP contribution in [-0.2, 0) is 16.6 Å². The fraction of sp³-hybridized carbons (Fsp3) is 0.632. The van der Waals surface area contributed by atoms with Gasteiger partial charge < -0.3 is 10.2 Å². The van der Waals surface area contributed by atoms with E-state index in [1.54, 1.807) is 7.05 Å². The second-order valence-electron chi connectivity index (χ2n) is 6.62. The van der Waals surface area contributed by atoms with Crippen LogP contribution in [0.15, 0.2) is 35.3 Å². The quantitative estimate of drug-likeness (QED) is 0.526. The van der Waals surface area contributed by atoms with Crippen LogP contribution in [0.1, 0.15) is 19.4 Å². The molecule has 1 N–H and O–H groups in total. The molecule has 0 aliphatic carbocycles. The number of hydrogen-bond donors (Lipinski definition) is 1. The summed E-state index contributed by atoms with van der Waals surface area (Å²) in [6, 6.07) is 10.5. The normalized spacial score (nSPS) is 16.7. The molecule has 0 aromatic heterocycles. The lowest BCUT2D eigenvalue weighted by atomic mass is 10.2. The second kappa shape index (κ2) is 10.6. The van der Waals surface area contributed by atoms with Crippen LogP contribution in [0.5, 0.6) is 0 Å². The fourth-order valence-electron chi connectivity index (χ4n) is 3.33. The van der Waals surface area contributed by atoms with Gasteiger partial charge in [-0.3, -0.25) is 9.89 Å². The Morgan fingerprint density at radius 3 is 2.30 bits per heavy atom. The van der Waals surface area contributed by atoms with Gasteiger partial charge >= 0.3 is 0 Å². The maximum Gasteiger partial charge on any atom is 0.215 e. The average molecular weight is 396 g/mol. The van der Waals surface area contributed by atoms with E-state index < -0.39 is 10.0 Å². The minimum Gasteiger partial charge on any atom is -0.355 e. The van der Waals surface area contributed by atoms with E-state index in [-0.39, 0.29) is 5.75 Å². The summed E-state index contributed by atoms with van der Waals surface area (Å²) in [4.78, 5) is 8.96. The summed E-state index contributed by atoms with van der Waals surface area (Å²) in [6.45, 7) is 9.78. The zero-order chi connectivity index (χ0) is 19.7. The van der Waals surface area contributed by atoms with E-state index in [4.69, 9.17) is 0 Å². The van der Waals surface area contributed by atoms with Gasteiger partial charge in [-0.15, -0.1) is 0 Å². The predicted octanol–water partition coefficient (Wildman–Crippen LogP) is 1.05. The molecule has 152 valence electrons. The molecule has 7 nitrogen and oxygen atoms in total. The molecule has 0 unspecified atom stereocenters. The van der Waals surface area contributed by atoms with Crippen LogP contribution >= 0.6 is 0 Å². The van der Waals surface area contributed by atoms with Crippen molar-refractivity contribution in [2.75, 3.05) is 58.6 Å². The Morgan fingerprint density at radius 2 is 1.74 bits per heavy atom. The lowest BCUT2D eigenvalue weighted by molar-refractivity contribution is 0.172. The highest BCUT2D eigenvalue weighted by atomic mass is 32.2. The molecule has 0 saturated carbocycles. The molecule has 27 heavy (non-hydrogen) atoms. The fourth-order valence-corrected chi connectivity index (χ4v) is 4.73. The largest absolute Gasteiger partial charge is 0.355 e. The minimum absolute atomic E-state index is 0.0850. The van der Waals surface area contributed by atoms with Crippen molar-refractivity contribution in [1.29, 1.82) is 0 Å². The molecule has 1 aliphatic rings. The number of guanidine groups is 1. The van der Waals surface area contributed by atoms with E-state index >= 15 is 0 Å². The highest BCUT2D eigenvalue weighted by Gasteiger charge is 2.21. The number of hydrogen-bond acceptors (Lipinski definition) is 4. The molecule has 8 heteroatoms. The SMILES string of the molecule is CCN(CC)S(=O)(=O)CCNC(=NC)N1CCN(Cc2ccccc2)CC1. The highest BCUT2D eigenvalue weighted by molar-refractivity contribution is 7.89. The summed E-state index contributed by atoms with van der Waals surface area (Å²) in [5.74, 6) is 0.867. The van der Waals surface area contributed by atoms with Crippen LogP contribution in [-0.4, -0.2) is 87.1 Å². The van der Waals surface area contributed by atoms with Crippen molar-refractivity contribution in [2.45, 2.75) is 20.4 Å². The molecular weight excluding hydrogens is 362 g/mol. The van der Waals surface area contributed by atoms with Crippen LogP contribution in [0.4, 0.5) is 0 Å². The summed E-state index contributed by atoms with van der Waals surface area (Å²) >= 11 is 0. The molecule has 0 amide bonds. The summed E-state index contributed by atoms with van der Waals surface area (Å²) in [5, 5.41) is 3.21. The number of nitrogens with zero attached hydrogens (tertiary/aromatic N) is 4. The molecule has 1 aromatic rings. The maximum atomic E-state index is 12.3. The Morgan fingerprint density at radius 1 is 1.11 bits per heavy atom. The lowest BCUT2D eigenvalue weighted by Crippen LogP contribution is -2.52. The zero-order valence-electron chi connectivity index (χ0n) is 16.8. The van der Waals surface area contributed by atoms with Gasteiger partial charge in [0.15, 0.2) is 5.96 Å². The van der Waals surface area contributed by atoms with Crippen molar-refractivity contribution in [3.8, 4) is 0 Å². The van der Waals surface area contributed by atoms with Gasteiger partial charge in [0.1, 0.15) is 0 Å². The Balaban J connectivity index is 1.78.